The standard InChI is InChI=1S/C20H20N2O4S2/c1-3-28(24,25)22-16-11-9-15(10-12-16)21-20(23)19-17(26-2)13-18(27-19)14-7-5-4-6-8-14/h4-13,22H,3H2,1-2H3,(H,21,23). The van der Waals surface area contributed by atoms with E-state index in [1.54, 1.807) is 31.2 Å². The van der Waals surface area contributed by atoms with E-state index in [9.17, 15) is 13.2 Å². The SMILES string of the molecule is CCS(=O)(=O)Nc1ccc(NC(=O)c2sc(-c3ccccc3)cc2OC)cc1. The molecule has 146 valence electrons. The van der Waals surface area contributed by atoms with E-state index in [0.717, 1.165) is 10.4 Å². The minimum atomic E-state index is -3.34. The zero-order chi connectivity index (χ0) is 20.1. The van der Waals surface area contributed by atoms with Gasteiger partial charge in [0.2, 0.25) is 10.0 Å². The van der Waals surface area contributed by atoms with Crippen molar-refractivity contribution in [3.8, 4) is 16.2 Å². The molecule has 2 aromatic carbocycles. The molecular formula is C20H20N2O4S2. The van der Waals surface area contributed by atoms with Crippen LogP contribution in [-0.2, 0) is 10.0 Å². The van der Waals surface area contributed by atoms with Crippen molar-refractivity contribution in [2.45, 2.75) is 6.92 Å². The van der Waals surface area contributed by atoms with Crippen molar-refractivity contribution < 1.29 is 17.9 Å². The van der Waals surface area contributed by atoms with Gasteiger partial charge in [0.15, 0.2) is 0 Å². The van der Waals surface area contributed by atoms with Crippen LogP contribution in [0.3, 0.4) is 0 Å². The normalized spacial score (nSPS) is 11.1. The number of benzene rings is 2. The van der Waals surface area contributed by atoms with E-state index in [-0.39, 0.29) is 11.7 Å². The number of amides is 1. The lowest BCUT2D eigenvalue weighted by Gasteiger charge is -2.08. The summed E-state index contributed by atoms with van der Waals surface area (Å²) in [5, 5.41) is 2.82. The number of sulfonamides is 1. The Hall–Kier alpha value is -2.84. The van der Waals surface area contributed by atoms with Gasteiger partial charge in [0.25, 0.3) is 5.91 Å². The van der Waals surface area contributed by atoms with Gasteiger partial charge in [0, 0.05) is 16.3 Å². The second-order valence-electron chi connectivity index (χ2n) is 5.91. The van der Waals surface area contributed by atoms with Crippen LogP contribution in [-0.4, -0.2) is 27.2 Å². The van der Waals surface area contributed by atoms with E-state index in [4.69, 9.17) is 4.74 Å². The fourth-order valence-corrected chi connectivity index (χ4v) is 4.16. The van der Waals surface area contributed by atoms with E-state index in [0.29, 0.717) is 22.0 Å². The Kier molecular flexibility index (Phi) is 6.01. The van der Waals surface area contributed by atoms with Crippen molar-refractivity contribution in [1.29, 1.82) is 0 Å². The fourth-order valence-electron chi connectivity index (χ4n) is 2.49. The predicted octanol–water partition coefficient (Wildman–Crippen LogP) is 4.44. The molecule has 0 fully saturated rings. The molecule has 0 saturated heterocycles. The maximum Gasteiger partial charge on any atom is 0.269 e. The van der Waals surface area contributed by atoms with E-state index in [1.165, 1.54) is 18.4 Å². The maximum absolute atomic E-state index is 12.7. The molecule has 0 aliphatic heterocycles. The highest BCUT2D eigenvalue weighted by Crippen LogP contribution is 2.36. The van der Waals surface area contributed by atoms with Gasteiger partial charge in [-0.05, 0) is 42.8 Å². The molecule has 0 aliphatic rings. The highest BCUT2D eigenvalue weighted by Gasteiger charge is 2.18. The van der Waals surface area contributed by atoms with E-state index in [2.05, 4.69) is 10.0 Å². The number of rotatable bonds is 7. The van der Waals surface area contributed by atoms with Gasteiger partial charge in [-0.1, -0.05) is 30.3 Å². The second kappa shape index (κ2) is 8.45. The summed E-state index contributed by atoms with van der Waals surface area (Å²) in [7, 11) is -1.81. The molecule has 1 aromatic heterocycles. The van der Waals surface area contributed by atoms with Crippen LogP contribution < -0.4 is 14.8 Å². The third-order valence-corrected chi connectivity index (χ3v) is 6.45. The lowest BCUT2D eigenvalue weighted by Crippen LogP contribution is -2.15. The highest BCUT2D eigenvalue weighted by molar-refractivity contribution is 7.92. The summed E-state index contributed by atoms with van der Waals surface area (Å²) < 4.78 is 31.1. The average Bonchev–Trinajstić information content (AvgIpc) is 3.15. The first-order valence-electron chi connectivity index (χ1n) is 8.57. The van der Waals surface area contributed by atoms with Gasteiger partial charge >= 0.3 is 0 Å². The topological polar surface area (TPSA) is 84.5 Å². The summed E-state index contributed by atoms with van der Waals surface area (Å²) in [6.07, 6.45) is 0. The van der Waals surface area contributed by atoms with Crippen molar-refractivity contribution in [1.82, 2.24) is 0 Å². The van der Waals surface area contributed by atoms with Crippen LogP contribution in [0, 0.1) is 0 Å². The molecule has 0 saturated carbocycles. The lowest BCUT2D eigenvalue weighted by atomic mass is 10.2. The van der Waals surface area contributed by atoms with Crippen molar-refractivity contribution in [2.24, 2.45) is 0 Å². The number of thiophene rings is 1. The molecule has 2 N–H and O–H groups in total. The fraction of sp³-hybridized carbons (Fsp3) is 0.150. The summed E-state index contributed by atoms with van der Waals surface area (Å²) in [5.41, 5.74) is 2.01. The second-order valence-corrected chi connectivity index (χ2v) is 8.97. The summed E-state index contributed by atoms with van der Waals surface area (Å²) in [4.78, 5) is 14.1. The van der Waals surface area contributed by atoms with Gasteiger partial charge < -0.3 is 10.1 Å². The number of hydrogen-bond donors (Lipinski definition) is 2. The first-order chi connectivity index (χ1) is 13.4. The molecule has 3 aromatic rings. The van der Waals surface area contributed by atoms with Gasteiger partial charge in [-0.25, -0.2) is 8.42 Å². The Morgan fingerprint density at radius 1 is 1.04 bits per heavy atom. The molecule has 0 aliphatic carbocycles. The van der Waals surface area contributed by atoms with Gasteiger partial charge in [0.05, 0.1) is 12.9 Å². The minimum Gasteiger partial charge on any atom is -0.495 e. The first-order valence-corrected chi connectivity index (χ1v) is 11.0. The molecule has 0 bridgehead atoms. The zero-order valence-electron chi connectivity index (χ0n) is 15.4. The molecule has 1 amide bonds. The van der Waals surface area contributed by atoms with Gasteiger partial charge in [0.1, 0.15) is 10.6 Å². The van der Waals surface area contributed by atoms with E-state index >= 15 is 0 Å². The summed E-state index contributed by atoms with van der Waals surface area (Å²) in [6.45, 7) is 1.56. The zero-order valence-corrected chi connectivity index (χ0v) is 17.1. The van der Waals surface area contributed by atoms with Crippen LogP contribution in [0.5, 0.6) is 5.75 Å². The molecule has 0 unspecified atom stereocenters. The number of anilines is 2. The van der Waals surface area contributed by atoms with Crippen molar-refractivity contribution in [3.63, 3.8) is 0 Å². The molecule has 28 heavy (non-hydrogen) atoms. The minimum absolute atomic E-state index is 0.00654. The Morgan fingerprint density at radius 3 is 2.29 bits per heavy atom. The number of ether oxygens (including phenoxy) is 1. The molecule has 6 nitrogen and oxygen atoms in total. The number of carbonyl (C=O) groups excluding carboxylic acids is 1. The average molecular weight is 417 g/mol. The van der Waals surface area contributed by atoms with Crippen LogP contribution in [0.15, 0.2) is 60.7 Å². The van der Waals surface area contributed by atoms with Crippen LogP contribution >= 0.6 is 11.3 Å². The summed E-state index contributed by atoms with van der Waals surface area (Å²) >= 11 is 1.35. The van der Waals surface area contributed by atoms with Crippen molar-refractivity contribution in [2.75, 3.05) is 22.9 Å². The molecule has 3 rings (SSSR count). The number of hydrogen-bond acceptors (Lipinski definition) is 5. The number of nitrogens with one attached hydrogen (secondary N) is 2. The summed E-state index contributed by atoms with van der Waals surface area (Å²) in [5.74, 6) is 0.215. The Balaban J connectivity index is 1.77. The van der Waals surface area contributed by atoms with Crippen LogP contribution in [0.1, 0.15) is 16.6 Å². The lowest BCUT2D eigenvalue weighted by molar-refractivity contribution is 0.102. The first kappa shape index (κ1) is 19.9. The maximum atomic E-state index is 12.7. The molecular weight excluding hydrogens is 396 g/mol. The van der Waals surface area contributed by atoms with Gasteiger partial charge in [-0.15, -0.1) is 11.3 Å². The monoisotopic (exact) mass is 416 g/mol. The van der Waals surface area contributed by atoms with Crippen molar-refractivity contribution >= 4 is 38.6 Å². The Bertz CT molecular complexity index is 1060. The smallest absolute Gasteiger partial charge is 0.269 e. The molecule has 0 atom stereocenters. The Labute approximate surface area is 168 Å². The molecule has 1 heterocycles. The molecule has 0 spiro atoms. The molecule has 8 heteroatoms. The number of carbonyl (C=O) groups is 1. The van der Waals surface area contributed by atoms with Crippen LogP contribution in [0.2, 0.25) is 0 Å². The van der Waals surface area contributed by atoms with E-state index in [1.807, 2.05) is 36.4 Å². The third kappa shape index (κ3) is 4.71. The molecule has 0 radical (unpaired) electrons. The van der Waals surface area contributed by atoms with Crippen LogP contribution in [0.25, 0.3) is 10.4 Å². The summed E-state index contributed by atoms with van der Waals surface area (Å²) in [6, 6.07) is 18.1. The largest absolute Gasteiger partial charge is 0.495 e. The highest BCUT2D eigenvalue weighted by atomic mass is 32.2. The quantitative estimate of drug-likeness (QED) is 0.596. The van der Waals surface area contributed by atoms with Crippen LogP contribution in [0.4, 0.5) is 11.4 Å². The van der Waals surface area contributed by atoms with Crippen molar-refractivity contribution in [3.05, 3.63) is 65.5 Å². The van der Waals surface area contributed by atoms with E-state index < -0.39 is 10.0 Å². The predicted molar refractivity (Wildman–Crippen MR) is 114 cm³/mol. The van der Waals surface area contributed by atoms with Gasteiger partial charge in [-0.2, -0.15) is 0 Å². The third-order valence-electron chi connectivity index (χ3n) is 3.98. The van der Waals surface area contributed by atoms with Gasteiger partial charge in [-0.3, -0.25) is 9.52 Å². The Morgan fingerprint density at radius 2 is 1.68 bits per heavy atom. The number of methoxy groups -OCH3 is 1.